The van der Waals surface area contributed by atoms with Crippen LogP contribution in [0.15, 0.2) is 24.5 Å². The van der Waals surface area contributed by atoms with Crippen LogP contribution < -0.4 is 4.74 Å². The highest BCUT2D eigenvalue weighted by Crippen LogP contribution is 2.23. The van der Waals surface area contributed by atoms with E-state index in [9.17, 15) is 14.5 Å². The van der Waals surface area contributed by atoms with Gasteiger partial charge in [0.15, 0.2) is 5.82 Å². The van der Waals surface area contributed by atoms with Gasteiger partial charge >= 0.3 is 0 Å². The van der Waals surface area contributed by atoms with Crippen molar-refractivity contribution in [2.24, 2.45) is 0 Å². The maximum Gasteiger partial charge on any atom is 0.290 e. The number of pyridine rings is 1. The minimum atomic E-state index is -0.907. The highest BCUT2D eigenvalue weighted by atomic mass is 19.1. The molecule has 7 nitrogen and oxygen atoms in total. The lowest BCUT2D eigenvalue weighted by Crippen LogP contribution is -1.97. The molecule has 0 aromatic carbocycles. The fourth-order valence-electron chi connectivity index (χ4n) is 1.26. The van der Waals surface area contributed by atoms with Gasteiger partial charge in [0.05, 0.1) is 11.0 Å². The second kappa shape index (κ2) is 4.78. The van der Waals surface area contributed by atoms with Crippen LogP contribution in [0.5, 0.6) is 11.8 Å². The average Bonchev–Trinajstić information content (AvgIpc) is 2.79. The molecule has 0 fully saturated rings. The zero-order chi connectivity index (χ0) is 13.1. The first-order valence-corrected chi connectivity index (χ1v) is 5.11. The van der Waals surface area contributed by atoms with Crippen molar-refractivity contribution in [3.63, 3.8) is 0 Å². The van der Waals surface area contributed by atoms with E-state index in [1.165, 1.54) is 0 Å². The van der Waals surface area contributed by atoms with E-state index < -0.39 is 16.4 Å². The van der Waals surface area contributed by atoms with Crippen molar-refractivity contribution in [3.8, 4) is 11.8 Å². The average molecular weight is 252 g/mol. The van der Waals surface area contributed by atoms with Gasteiger partial charge in [0.2, 0.25) is 5.88 Å². The first kappa shape index (κ1) is 12.0. The summed E-state index contributed by atoms with van der Waals surface area (Å²) < 4.78 is 20.1. The monoisotopic (exact) mass is 252 g/mol. The van der Waals surface area contributed by atoms with Crippen molar-refractivity contribution in [1.29, 1.82) is 0 Å². The molecule has 0 amide bonds. The number of nitro groups is 1. The molecule has 0 spiro atoms. The topological polar surface area (TPSA) is 83.1 Å². The highest BCUT2D eigenvalue weighted by molar-refractivity contribution is 5.32. The van der Waals surface area contributed by atoms with Crippen molar-refractivity contribution in [2.45, 2.75) is 13.5 Å². The Bertz CT molecular complexity index is 584. The first-order valence-electron chi connectivity index (χ1n) is 5.11. The van der Waals surface area contributed by atoms with Gasteiger partial charge in [-0.1, -0.05) is 0 Å². The fourth-order valence-corrected chi connectivity index (χ4v) is 1.26. The van der Waals surface area contributed by atoms with Gasteiger partial charge in [-0.2, -0.15) is 0 Å². The summed E-state index contributed by atoms with van der Waals surface area (Å²) in [7, 11) is 0. The summed E-state index contributed by atoms with van der Waals surface area (Å²) in [6.07, 6.45) is 2.59. The third-order valence-electron chi connectivity index (χ3n) is 2.15. The molecule has 0 unspecified atom stereocenters. The van der Waals surface area contributed by atoms with Gasteiger partial charge < -0.3 is 4.74 Å². The molecule has 0 atom stereocenters. The molecule has 0 radical (unpaired) electrons. The van der Waals surface area contributed by atoms with Crippen LogP contribution in [0.4, 0.5) is 10.1 Å². The van der Waals surface area contributed by atoms with Crippen LogP contribution in [0.25, 0.3) is 0 Å². The van der Waals surface area contributed by atoms with Crippen molar-refractivity contribution < 1.29 is 14.1 Å². The van der Waals surface area contributed by atoms with Gasteiger partial charge in [0.25, 0.3) is 11.6 Å². The normalized spacial score (nSPS) is 10.3. The van der Waals surface area contributed by atoms with Crippen molar-refractivity contribution in [3.05, 3.63) is 40.5 Å². The van der Waals surface area contributed by atoms with Crippen LogP contribution in [0.3, 0.4) is 0 Å². The molecule has 8 heteroatoms. The highest BCUT2D eigenvalue weighted by Gasteiger charge is 2.14. The van der Waals surface area contributed by atoms with Crippen LogP contribution >= 0.6 is 0 Å². The van der Waals surface area contributed by atoms with E-state index in [2.05, 4.69) is 10.1 Å². The Morgan fingerprint density at radius 3 is 2.94 bits per heavy atom. The predicted octanol–water partition coefficient (Wildman–Crippen LogP) is 2.14. The predicted molar refractivity (Wildman–Crippen MR) is 58.8 cm³/mol. The Morgan fingerprint density at radius 1 is 1.61 bits per heavy atom. The molecule has 0 N–H and O–H groups in total. The van der Waals surface area contributed by atoms with E-state index in [0.717, 1.165) is 12.3 Å². The maximum atomic E-state index is 13.5. The summed E-state index contributed by atoms with van der Waals surface area (Å²) in [5.74, 6) is -1.07. The minimum absolute atomic E-state index is 0.178. The van der Waals surface area contributed by atoms with E-state index in [-0.39, 0.29) is 11.8 Å². The Labute approximate surface area is 101 Å². The smallest absolute Gasteiger partial charge is 0.290 e. The zero-order valence-electron chi connectivity index (χ0n) is 9.41. The fraction of sp³-hybridized carbons (Fsp3) is 0.200. The summed E-state index contributed by atoms with van der Waals surface area (Å²) >= 11 is 0. The van der Waals surface area contributed by atoms with Gasteiger partial charge in [-0.25, -0.2) is 9.37 Å². The number of rotatable bonds is 4. The molecule has 94 valence electrons. The van der Waals surface area contributed by atoms with Crippen molar-refractivity contribution in [1.82, 2.24) is 14.8 Å². The zero-order valence-corrected chi connectivity index (χ0v) is 9.41. The second-order valence-corrected chi connectivity index (χ2v) is 3.35. The van der Waals surface area contributed by atoms with Gasteiger partial charge in [0, 0.05) is 18.8 Å². The molecule has 2 rings (SSSR count). The number of hydrogen-bond donors (Lipinski definition) is 0. The molecular weight excluding hydrogens is 243 g/mol. The van der Waals surface area contributed by atoms with Gasteiger partial charge in [-0.15, -0.1) is 5.10 Å². The summed E-state index contributed by atoms with van der Waals surface area (Å²) in [5.41, 5.74) is -0.432. The third kappa shape index (κ3) is 2.42. The SMILES string of the molecule is CCn1ccc(Oc2ncc([N+](=O)[O-])cc2F)n1. The van der Waals surface area contributed by atoms with Crippen LogP contribution in [0, 0.1) is 15.9 Å². The van der Waals surface area contributed by atoms with Gasteiger partial charge in [-0.05, 0) is 6.92 Å². The molecule has 2 aromatic heterocycles. The lowest BCUT2D eigenvalue weighted by molar-refractivity contribution is -0.385. The lowest BCUT2D eigenvalue weighted by atomic mass is 10.4. The molecule has 0 aliphatic carbocycles. The van der Waals surface area contributed by atoms with Crippen LogP contribution in [-0.2, 0) is 6.54 Å². The Balaban J connectivity index is 2.21. The summed E-state index contributed by atoms with van der Waals surface area (Å²) in [4.78, 5) is 13.2. The Hall–Kier alpha value is -2.51. The van der Waals surface area contributed by atoms with Crippen LogP contribution in [-0.4, -0.2) is 19.7 Å². The minimum Gasteiger partial charge on any atom is -0.416 e. The van der Waals surface area contributed by atoms with Gasteiger partial charge in [0.1, 0.15) is 6.20 Å². The molecule has 0 bridgehead atoms. The molecule has 0 saturated carbocycles. The van der Waals surface area contributed by atoms with Crippen LogP contribution in [0.1, 0.15) is 6.92 Å². The number of halogens is 1. The number of hydrogen-bond acceptors (Lipinski definition) is 5. The number of ether oxygens (including phenoxy) is 1. The van der Waals surface area contributed by atoms with E-state index >= 15 is 0 Å². The molecule has 0 aliphatic heterocycles. The number of aryl methyl sites for hydroxylation is 1. The van der Waals surface area contributed by atoms with E-state index in [1.807, 2.05) is 6.92 Å². The summed E-state index contributed by atoms with van der Waals surface area (Å²) in [6.45, 7) is 2.54. The van der Waals surface area contributed by atoms with Crippen molar-refractivity contribution in [2.75, 3.05) is 0 Å². The lowest BCUT2D eigenvalue weighted by Gasteiger charge is -2.01. The molecule has 0 saturated heterocycles. The van der Waals surface area contributed by atoms with E-state index in [4.69, 9.17) is 4.74 Å². The molecule has 18 heavy (non-hydrogen) atoms. The summed E-state index contributed by atoms with van der Waals surface area (Å²) in [6, 6.07) is 2.30. The number of nitrogens with zero attached hydrogens (tertiary/aromatic N) is 4. The first-order chi connectivity index (χ1) is 8.60. The molecule has 2 heterocycles. The van der Waals surface area contributed by atoms with Gasteiger partial charge in [-0.3, -0.25) is 14.8 Å². The number of aromatic nitrogens is 3. The third-order valence-corrected chi connectivity index (χ3v) is 2.15. The quantitative estimate of drug-likeness (QED) is 0.614. The molecule has 2 aromatic rings. The summed E-state index contributed by atoms with van der Waals surface area (Å²) in [5, 5.41) is 14.4. The Morgan fingerprint density at radius 2 is 2.39 bits per heavy atom. The van der Waals surface area contributed by atoms with Crippen molar-refractivity contribution >= 4 is 5.69 Å². The van der Waals surface area contributed by atoms with E-state index in [1.54, 1.807) is 16.9 Å². The Kier molecular flexibility index (Phi) is 3.18. The molecular formula is C10H9FN4O3. The largest absolute Gasteiger partial charge is 0.416 e. The molecule has 0 aliphatic rings. The second-order valence-electron chi connectivity index (χ2n) is 3.35. The maximum absolute atomic E-state index is 13.5. The van der Waals surface area contributed by atoms with Crippen LogP contribution in [0.2, 0.25) is 0 Å². The van der Waals surface area contributed by atoms with E-state index in [0.29, 0.717) is 6.54 Å². The standard InChI is InChI=1S/C10H9FN4O3/c1-2-14-4-3-9(13-14)18-10-8(11)5-7(6-12-10)15(16)17/h3-6H,2H2,1H3.